The number of hydrogen-bond donors (Lipinski definition) is 1. The van der Waals surface area contributed by atoms with Crippen LogP contribution in [0.1, 0.15) is 18.3 Å². The van der Waals surface area contributed by atoms with Gasteiger partial charge in [-0.15, -0.1) is 0 Å². The van der Waals surface area contributed by atoms with E-state index in [1.165, 1.54) is 4.57 Å². The SMILES string of the molecule is CCc1ccc(S(=O)(=O)Nc2cccc(-n3c(C)nc4ccccc4c3=O)c2)cc1. The summed E-state index contributed by atoms with van der Waals surface area (Å²) in [5, 5.41) is 0.505. The molecule has 1 N–H and O–H groups in total. The van der Waals surface area contributed by atoms with Gasteiger partial charge in [0.2, 0.25) is 0 Å². The molecule has 0 unspecified atom stereocenters. The van der Waals surface area contributed by atoms with Gasteiger partial charge in [0.05, 0.1) is 27.2 Å². The Bertz CT molecular complexity index is 1390. The lowest BCUT2D eigenvalue weighted by molar-refractivity contribution is 0.601. The summed E-state index contributed by atoms with van der Waals surface area (Å²) < 4.78 is 29.6. The zero-order valence-electron chi connectivity index (χ0n) is 16.7. The van der Waals surface area contributed by atoms with E-state index in [1.807, 2.05) is 13.0 Å². The van der Waals surface area contributed by atoms with Gasteiger partial charge in [-0.1, -0.05) is 37.3 Å². The normalized spacial score (nSPS) is 11.5. The lowest BCUT2D eigenvalue weighted by atomic mass is 10.2. The molecule has 30 heavy (non-hydrogen) atoms. The first-order valence-electron chi connectivity index (χ1n) is 9.59. The Morgan fingerprint density at radius 1 is 0.967 bits per heavy atom. The number of benzene rings is 3. The molecule has 0 saturated heterocycles. The van der Waals surface area contributed by atoms with E-state index in [1.54, 1.807) is 73.7 Å². The first kappa shape index (κ1) is 19.8. The van der Waals surface area contributed by atoms with Crippen LogP contribution in [-0.4, -0.2) is 18.0 Å². The van der Waals surface area contributed by atoms with Crippen molar-refractivity contribution >= 4 is 26.6 Å². The van der Waals surface area contributed by atoms with Crippen LogP contribution in [0.3, 0.4) is 0 Å². The van der Waals surface area contributed by atoms with Crippen LogP contribution in [0.4, 0.5) is 5.69 Å². The number of rotatable bonds is 5. The summed E-state index contributed by atoms with van der Waals surface area (Å²) in [5.74, 6) is 0.522. The summed E-state index contributed by atoms with van der Waals surface area (Å²) in [6.45, 7) is 3.76. The second-order valence-electron chi connectivity index (χ2n) is 6.97. The van der Waals surface area contributed by atoms with Gasteiger partial charge < -0.3 is 0 Å². The molecule has 0 aliphatic rings. The van der Waals surface area contributed by atoms with E-state index in [0.29, 0.717) is 28.1 Å². The molecule has 0 saturated carbocycles. The van der Waals surface area contributed by atoms with E-state index in [-0.39, 0.29) is 10.5 Å². The molecule has 0 aliphatic heterocycles. The Labute approximate surface area is 174 Å². The summed E-state index contributed by atoms with van der Waals surface area (Å²) in [4.78, 5) is 17.7. The highest BCUT2D eigenvalue weighted by molar-refractivity contribution is 7.92. The van der Waals surface area contributed by atoms with Crippen molar-refractivity contribution in [2.45, 2.75) is 25.2 Å². The van der Waals surface area contributed by atoms with Crippen LogP contribution in [0, 0.1) is 6.92 Å². The summed E-state index contributed by atoms with van der Waals surface area (Å²) >= 11 is 0. The molecule has 1 heterocycles. The number of nitrogens with zero attached hydrogens (tertiary/aromatic N) is 2. The first-order valence-corrected chi connectivity index (χ1v) is 11.1. The molecule has 3 aromatic carbocycles. The van der Waals surface area contributed by atoms with Crippen LogP contribution in [0.25, 0.3) is 16.6 Å². The van der Waals surface area contributed by atoms with Crippen molar-refractivity contribution in [1.29, 1.82) is 0 Å². The van der Waals surface area contributed by atoms with Crippen molar-refractivity contribution in [2.75, 3.05) is 4.72 Å². The number of para-hydroxylation sites is 1. The summed E-state index contributed by atoms with van der Waals surface area (Å²) in [6, 6.07) is 20.7. The number of nitrogens with one attached hydrogen (secondary N) is 1. The number of fused-ring (bicyclic) bond motifs is 1. The quantitative estimate of drug-likeness (QED) is 0.529. The summed E-state index contributed by atoms with van der Waals surface area (Å²) in [7, 11) is -3.75. The summed E-state index contributed by atoms with van der Waals surface area (Å²) in [5.41, 5.74) is 2.40. The van der Waals surface area contributed by atoms with E-state index in [0.717, 1.165) is 12.0 Å². The predicted octanol–water partition coefficient (Wildman–Crippen LogP) is 4.06. The molecule has 4 aromatic rings. The zero-order valence-corrected chi connectivity index (χ0v) is 17.5. The van der Waals surface area contributed by atoms with Gasteiger partial charge >= 0.3 is 0 Å². The Morgan fingerprint density at radius 3 is 2.43 bits per heavy atom. The van der Waals surface area contributed by atoms with Crippen molar-refractivity contribution in [2.24, 2.45) is 0 Å². The number of sulfonamides is 1. The summed E-state index contributed by atoms with van der Waals surface area (Å²) in [6.07, 6.45) is 0.837. The lowest BCUT2D eigenvalue weighted by Crippen LogP contribution is -2.22. The minimum Gasteiger partial charge on any atom is -0.280 e. The molecule has 0 aliphatic carbocycles. The van der Waals surface area contributed by atoms with Crippen LogP contribution in [0.2, 0.25) is 0 Å². The molecule has 0 spiro atoms. The smallest absolute Gasteiger partial charge is 0.265 e. The number of aryl methyl sites for hydroxylation is 2. The van der Waals surface area contributed by atoms with Crippen molar-refractivity contribution in [3.05, 3.63) is 94.5 Å². The third-order valence-corrected chi connectivity index (χ3v) is 6.34. The maximum Gasteiger partial charge on any atom is 0.265 e. The Hall–Kier alpha value is -3.45. The molecule has 6 nitrogen and oxygen atoms in total. The monoisotopic (exact) mass is 419 g/mol. The number of aromatic nitrogens is 2. The molecule has 1 aromatic heterocycles. The third kappa shape index (κ3) is 3.71. The van der Waals surface area contributed by atoms with Crippen molar-refractivity contribution in [3.63, 3.8) is 0 Å². The Kier molecular flexibility index (Phi) is 5.13. The van der Waals surface area contributed by atoms with Crippen LogP contribution < -0.4 is 10.3 Å². The average molecular weight is 420 g/mol. The van der Waals surface area contributed by atoms with Crippen LogP contribution in [0.5, 0.6) is 0 Å². The first-order chi connectivity index (χ1) is 14.4. The van der Waals surface area contributed by atoms with Crippen molar-refractivity contribution in [3.8, 4) is 5.69 Å². The van der Waals surface area contributed by atoms with E-state index in [2.05, 4.69) is 9.71 Å². The fraction of sp³-hybridized carbons (Fsp3) is 0.130. The maximum absolute atomic E-state index is 13.0. The predicted molar refractivity (Wildman–Crippen MR) is 119 cm³/mol. The highest BCUT2D eigenvalue weighted by atomic mass is 32.2. The van der Waals surface area contributed by atoms with Gasteiger partial charge in [0.15, 0.2) is 0 Å². The Morgan fingerprint density at radius 2 is 1.70 bits per heavy atom. The van der Waals surface area contributed by atoms with Gasteiger partial charge in [-0.2, -0.15) is 0 Å². The van der Waals surface area contributed by atoms with E-state index >= 15 is 0 Å². The fourth-order valence-electron chi connectivity index (χ4n) is 3.37. The zero-order chi connectivity index (χ0) is 21.3. The number of anilines is 1. The molecule has 0 amide bonds. The van der Waals surface area contributed by atoms with Gasteiger partial charge in [-0.25, -0.2) is 13.4 Å². The van der Waals surface area contributed by atoms with Crippen molar-refractivity contribution in [1.82, 2.24) is 9.55 Å². The van der Waals surface area contributed by atoms with Gasteiger partial charge in [0, 0.05) is 0 Å². The minimum atomic E-state index is -3.75. The van der Waals surface area contributed by atoms with Gasteiger partial charge in [0.1, 0.15) is 5.82 Å². The number of hydrogen-bond acceptors (Lipinski definition) is 4. The fourth-order valence-corrected chi connectivity index (χ4v) is 4.42. The second kappa shape index (κ2) is 7.76. The highest BCUT2D eigenvalue weighted by Gasteiger charge is 2.15. The van der Waals surface area contributed by atoms with Crippen molar-refractivity contribution < 1.29 is 8.42 Å². The van der Waals surface area contributed by atoms with Crippen LogP contribution >= 0.6 is 0 Å². The van der Waals surface area contributed by atoms with Crippen LogP contribution in [0.15, 0.2) is 82.5 Å². The Balaban J connectivity index is 1.73. The lowest BCUT2D eigenvalue weighted by Gasteiger charge is -2.13. The molecular weight excluding hydrogens is 398 g/mol. The average Bonchev–Trinajstić information content (AvgIpc) is 2.74. The largest absolute Gasteiger partial charge is 0.280 e. The van der Waals surface area contributed by atoms with E-state index in [9.17, 15) is 13.2 Å². The standard InChI is InChI=1S/C23H21N3O3S/c1-3-17-11-13-20(14-12-17)30(28,29)25-18-7-6-8-19(15-18)26-16(2)24-22-10-5-4-9-21(22)23(26)27/h4-15,25H,3H2,1-2H3. The molecule has 152 valence electrons. The van der Waals surface area contributed by atoms with Gasteiger partial charge in [0.25, 0.3) is 15.6 Å². The molecule has 0 fully saturated rings. The molecule has 7 heteroatoms. The van der Waals surface area contributed by atoms with E-state index in [4.69, 9.17) is 0 Å². The van der Waals surface area contributed by atoms with Crippen LogP contribution in [-0.2, 0) is 16.4 Å². The molecule has 4 rings (SSSR count). The van der Waals surface area contributed by atoms with E-state index < -0.39 is 10.0 Å². The topological polar surface area (TPSA) is 81.1 Å². The molecule has 0 radical (unpaired) electrons. The van der Waals surface area contributed by atoms with Gasteiger partial charge in [-0.05, 0) is 61.4 Å². The molecular formula is C23H21N3O3S. The minimum absolute atomic E-state index is 0.186. The van der Waals surface area contributed by atoms with Gasteiger partial charge in [-0.3, -0.25) is 14.1 Å². The highest BCUT2D eigenvalue weighted by Crippen LogP contribution is 2.20. The second-order valence-corrected chi connectivity index (χ2v) is 8.65. The molecule has 0 bridgehead atoms. The third-order valence-electron chi connectivity index (χ3n) is 4.94. The molecule has 0 atom stereocenters. The maximum atomic E-state index is 13.0.